The molecule has 1 aromatic heterocycles. The van der Waals surface area contributed by atoms with E-state index in [-0.39, 0.29) is 5.41 Å². The smallest absolute Gasteiger partial charge is 0.0701 e. The minimum absolute atomic E-state index is 0.106. The van der Waals surface area contributed by atoms with Crippen molar-refractivity contribution in [3.05, 3.63) is 184 Å². The van der Waals surface area contributed by atoms with Crippen LogP contribution in [-0.4, -0.2) is 4.57 Å². The Kier molecular flexibility index (Phi) is 6.83. The fraction of sp³-hybridized carbons (Fsp3) is 0.122. The molecule has 0 unspecified atom stereocenters. The number of hydrogen-bond donors (Lipinski definition) is 0. The first-order valence-corrected chi connectivity index (χ1v) is 15.7. The van der Waals surface area contributed by atoms with E-state index in [0.717, 1.165) is 4.47 Å². The van der Waals surface area contributed by atoms with Gasteiger partial charge in [0.05, 0.1) is 16.4 Å². The normalized spacial score (nSPS) is 12.2. The molecule has 43 heavy (non-hydrogen) atoms. The van der Waals surface area contributed by atoms with Crippen LogP contribution in [0.4, 0.5) is 0 Å². The maximum absolute atomic E-state index is 3.77. The lowest BCUT2D eigenvalue weighted by Crippen LogP contribution is -2.30. The van der Waals surface area contributed by atoms with Crippen LogP contribution in [0.1, 0.15) is 48.6 Å². The number of nitrogens with zero attached hydrogens (tertiary/aromatic N) is 1. The highest BCUT2D eigenvalue weighted by Gasteiger charge is 2.38. The van der Waals surface area contributed by atoms with E-state index in [2.05, 4.69) is 193 Å². The molecule has 6 aromatic carbocycles. The number of hydrogen-bond acceptors (Lipinski definition) is 0. The Morgan fingerprint density at radius 2 is 0.884 bits per heavy atom. The molecule has 0 aliphatic carbocycles. The molecule has 0 aliphatic rings. The Hall–Kier alpha value is -4.40. The van der Waals surface area contributed by atoms with Gasteiger partial charge < -0.3 is 4.57 Å². The predicted molar refractivity (Wildman–Crippen MR) is 185 cm³/mol. The summed E-state index contributed by atoms with van der Waals surface area (Å²) in [7, 11) is 0. The van der Waals surface area contributed by atoms with Crippen LogP contribution >= 0.6 is 15.9 Å². The third-order valence-electron chi connectivity index (χ3n) is 8.77. The maximum Gasteiger partial charge on any atom is 0.0701 e. The van der Waals surface area contributed by atoms with E-state index in [1.54, 1.807) is 0 Å². The SMILES string of the molecule is CC(C)(C)c1ccc(-n2c3ccc(Br)cc3c3cc(C(c4ccccc4)(c4ccccc4)c4ccccc4)ccc32)cc1. The first-order valence-electron chi connectivity index (χ1n) is 14.9. The van der Waals surface area contributed by atoms with Crippen LogP contribution in [0.2, 0.25) is 0 Å². The predicted octanol–water partition coefficient (Wildman–Crippen LogP) is 11.2. The third kappa shape index (κ3) is 4.62. The molecule has 0 saturated heterocycles. The number of rotatable bonds is 5. The molecule has 0 saturated carbocycles. The second kappa shape index (κ2) is 10.7. The Labute approximate surface area is 262 Å². The van der Waals surface area contributed by atoms with Crippen molar-refractivity contribution in [1.29, 1.82) is 0 Å². The van der Waals surface area contributed by atoms with Gasteiger partial charge in [0.25, 0.3) is 0 Å². The van der Waals surface area contributed by atoms with Crippen molar-refractivity contribution in [2.24, 2.45) is 0 Å². The van der Waals surface area contributed by atoms with Crippen molar-refractivity contribution in [2.75, 3.05) is 0 Å². The highest BCUT2D eigenvalue weighted by atomic mass is 79.9. The van der Waals surface area contributed by atoms with Crippen molar-refractivity contribution >= 4 is 37.7 Å². The second-order valence-corrected chi connectivity index (χ2v) is 13.3. The summed E-state index contributed by atoms with van der Waals surface area (Å²) in [6.45, 7) is 6.79. The van der Waals surface area contributed by atoms with Crippen LogP contribution in [-0.2, 0) is 10.8 Å². The van der Waals surface area contributed by atoms with Gasteiger partial charge in [-0.15, -0.1) is 0 Å². The molecule has 0 radical (unpaired) electrons. The van der Waals surface area contributed by atoms with Crippen LogP contribution in [0.25, 0.3) is 27.5 Å². The van der Waals surface area contributed by atoms with Crippen molar-refractivity contribution in [3.63, 3.8) is 0 Å². The molecular weight excluding hydrogens is 586 g/mol. The van der Waals surface area contributed by atoms with E-state index in [4.69, 9.17) is 0 Å². The largest absolute Gasteiger partial charge is 0.309 e. The van der Waals surface area contributed by atoms with Crippen LogP contribution in [0.15, 0.2) is 156 Å². The maximum atomic E-state index is 3.77. The van der Waals surface area contributed by atoms with E-state index >= 15 is 0 Å². The number of halogens is 1. The van der Waals surface area contributed by atoms with Gasteiger partial charge >= 0.3 is 0 Å². The van der Waals surface area contributed by atoms with Crippen LogP contribution in [0.3, 0.4) is 0 Å². The molecular formula is C41H34BrN. The lowest BCUT2D eigenvalue weighted by Gasteiger charge is -2.37. The van der Waals surface area contributed by atoms with E-state index in [1.807, 2.05) is 0 Å². The van der Waals surface area contributed by atoms with Crippen molar-refractivity contribution in [2.45, 2.75) is 31.6 Å². The first-order chi connectivity index (χ1) is 20.9. The lowest BCUT2D eigenvalue weighted by atomic mass is 9.65. The topological polar surface area (TPSA) is 4.93 Å². The van der Waals surface area contributed by atoms with Gasteiger partial charge in [0.1, 0.15) is 0 Å². The quantitative estimate of drug-likeness (QED) is 0.169. The number of fused-ring (bicyclic) bond motifs is 3. The average Bonchev–Trinajstić information content (AvgIpc) is 3.35. The molecule has 0 spiro atoms. The molecule has 7 rings (SSSR count). The van der Waals surface area contributed by atoms with Crippen LogP contribution in [0, 0.1) is 0 Å². The van der Waals surface area contributed by atoms with E-state index < -0.39 is 5.41 Å². The molecule has 2 heteroatoms. The minimum atomic E-state index is -0.493. The molecule has 0 amide bonds. The van der Waals surface area contributed by atoms with E-state index in [1.165, 1.54) is 55.3 Å². The van der Waals surface area contributed by atoms with Gasteiger partial charge in [-0.2, -0.15) is 0 Å². The van der Waals surface area contributed by atoms with Gasteiger partial charge in [-0.25, -0.2) is 0 Å². The van der Waals surface area contributed by atoms with Crippen molar-refractivity contribution < 1.29 is 0 Å². The zero-order chi connectivity index (χ0) is 29.6. The summed E-state index contributed by atoms with van der Waals surface area (Å²) >= 11 is 3.77. The average molecular weight is 621 g/mol. The highest BCUT2D eigenvalue weighted by Crippen LogP contribution is 2.47. The zero-order valence-electron chi connectivity index (χ0n) is 24.8. The van der Waals surface area contributed by atoms with Gasteiger partial charge in [-0.3, -0.25) is 0 Å². The summed E-state index contributed by atoms with van der Waals surface area (Å²) in [5.41, 5.74) is 9.49. The van der Waals surface area contributed by atoms with Gasteiger partial charge in [0.2, 0.25) is 0 Å². The first kappa shape index (κ1) is 27.4. The van der Waals surface area contributed by atoms with Crippen molar-refractivity contribution in [1.82, 2.24) is 4.57 Å². The molecule has 1 heterocycles. The van der Waals surface area contributed by atoms with Crippen molar-refractivity contribution in [3.8, 4) is 5.69 Å². The number of aromatic nitrogens is 1. The Morgan fingerprint density at radius 3 is 1.37 bits per heavy atom. The monoisotopic (exact) mass is 619 g/mol. The third-order valence-corrected chi connectivity index (χ3v) is 9.27. The number of benzene rings is 6. The Balaban J connectivity index is 1.56. The Bertz CT molecular complexity index is 1930. The van der Waals surface area contributed by atoms with E-state index in [0.29, 0.717) is 0 Å². The standard InChI is InChI=1S/C41H34BrN/c1-40(2,3)29-19-23-35(24-20-29)43-38-25-21-33(27-36(38)37-28-34(42)22-26-39(37)43)41(30-13-7-4-8-14-30,31-15-9-5-10-16-31)32-17-11-6-12-18-32/h4-28H,1-3H3. The summed E-state index contributed by atoms with van der Waals surface area (Å²) in [5, 5.41) is 2.47. The van der Waals surface area contributed by atoms with Crippen LogP contribution < -0.4 is 0 Å². The second-order valence-electron chi connectivity index (χ2n) is 12.4. The molecule has 0 N–H and O–H groups in total. The molecule has 0 bridgehead atoms. The molecule has 7 aromatic rings. The summed E-state index contributed by atoms with van der Waals surface area (Å²) in [5.74, 6) is 0. The summed E-state index contributed by atoms with van der Waals surface area (Å²) in [6.07, 6.45) is 0. The molecule has 210 valence electrons. The summed E-state index contributed by atoms with van der Waals surface area (Å²) in [6, 6.07) is 55.6. The van der Waals surface area contributed by atoms with Gasteiger partial charge in [0.15, 0.2) is 0 Å². The van der Waals surface area contributed by atoms with Gasteiger partial charge in [-0.1, -0.05) is 146 Å². The van der Waals surface area contributed by atoms with Crippen LogP contribution in [0.5, 0.6) is 0 Å². The fourth-order valence-electron chi connectivity index (χ4n) is 6.68. The summed E-state index contributed by atoms with van der Waals surface area (Å²) < 4.78 is 3.48. The van der Waals surface area contributed by atoms with E-state index in [9.17, 15) is 0 Å². The molecule has 1 nitrogen and oxygen atoms in total. The molecule has 0 aliphatic heterocycles. The Morgan fingerprint density at radius 1 is 0.442 bits per heavy atom. The fourth-order valence-corrected chi connectivity index (χ4v) is 7.04. The highest BCUT2D eigenvalue weighted by molar-refractivity contribution is 9.10. The molecule has 0 atom stereocenters. The van der Waals surface area contributed by atoms with Gasteiger partial charge in [0, 0.05) is 20.9 Å². The molecule has 0 fully saturated rings. The minimum Gasteiger partial charge on any atom is -0.309 e. The zero-order valence-corrected chi connectivity index (χ0v) is 26.3. The lowest BCUT2D eigenvalue weighted by molar-refractivity contribution is 0.590. The summed E-state index contributed by atoms with van der Waals surface area (Å²) in [4.78, 5) is 0. The van der Waals surface area contributed by atoms with Gasteiger partial charge in [-0.05, 0) is 75.7 Å².